The Morgan fingerprint density at radius 1 is 0.976 bits per heavy atom. The first kappa shape index (κ1) is 30.2. The lowest BCUT2D eigenvalue weighted by atomic mass is 9.95. The average Bonchev–Trinajstić information content (AvgIpc) is 3.51. The first-order chi connectivity index (χ1) is 19.5. The number of rotatable bonds is 11. The van der Waals surface area contributed by atoms with Crippen LogP contribution in [0.1, 0.15) is 57.7 Å². The minimum atomic E-state index is -3.67. The van der Waals surface area contributed by atoms with Crippen molar-refractivity contribution < 1.29 is 23.1 Å². The SMILES string of the molecule is CC(NC(=O)c1cc(C(=O)NC(Cc2ccccc2)C(O)C2CCCN2)cc(N(C)S(C)(=O)=O)c1)c1ccccc1. The van der Waals surface area contributed by atoms with Crippen LogP contribution in [0.2, 0.25) is 0 Å². The molecule has 9 nitrogen and oxygen atoms in total. The molecule has 1 aliphatic rings. The number of aliphatic hydroxyl groups excluding tert-OH is 1. The lowest BCUT2D eigenvalue weighted by molar-refractivity contribution is 0.0738. The molecule has 3 aromatic carbocycles. The second-order valence-electron chi connectivity index (χ2n) is 10.6. The summed E-state index contributed by atoms with van der Waals surface area (Å²) < 4.78 is 25.7. The van der Waals surface area contributed by atoms with Crippen LogP contribution in [0.25, 0.3) is 0 Å². The molecule has 2 amide bonds. The van der Waals surface area contributed by atoms with E-state index in [2.05, 4.69) is 16.0 Å². The summed E-state index contributed by atoms with van der Waals surface area (Å²) in [5.74, 6) is -0.966. The molecule has 4 rings (SSSR count). The quantitative estimate of drug-likeness (QED) is 0.277. The van der Waals surface area contributed by atoms with Gasteiger partial charge < -0.3 is 21.1 Å². The first-order valence-electron chi connectivity index (χ1n) is 13.7. The molecule has 218 valence electrons. The van der Waals surface area contributed by atoms with Crippen molar-refractivity contribution in [3.05, 3.63) is 101 Å². The van der Waals surface area contributed by atoms with Crippen LogP contribution < -0.4 is 20.3 Å². The molecule has 0 radical (unpaired) electrons. The number of carbonyl (C=O) groups is 2. The molecule has 0 spiro atoms. The number of hydrogen-bond donors (Lipinski definition) is 4. The predicted octanol–water partition coefficient (Wildman–Crippen LogP) is 3.03. The fourth-order valence-electron chi connectivity index (χ4n) is 5.01. The molecule has 3 aromatic rings. The Balaban J connectivity index is 1.64. The van der Waals surface area contributed by atoms with Gasteiger partial charge in [0.05, 0.1) is 30.1 Å². The van der Waals surface area contributed by atoms with Gasteiger partial charge in [0.15, 0.2) is 0 Å². The van der Waals surface area contributed by atoms with E-state index in [-0.39, 0.29) is 28.9 Å². The van der Waals surface area contributed by atoms with E-state index >= 15 is 0 Å². The molecular weight excluding hydrogens is 540 g/mol. The summed E-state index contributed by atoms with van der Waals surface area (Å²) in [7, 11) is -2.30. The molecule has 1 heterocycles. The number of aliphatic hydroxyl groups is 1. The molecule has 41 heavy (non-hydrogen) atoms. The third kappa shape index (κ3) is 7.93. The summed E-state index contributed by atoms with van der Waals surface area (Å²) in [5, 5.41) is 20.4. The average molecular weight is 579 g/mol. The Labute approximate surface area is 242 Å². The Kier molecular flexibility index (Phi) is 9.80. The summed E-state index contributed by atoms with van der Waals surface area (Å²) in [5.41, 5.74) is 2.29. The van der Waals surface area contributed by atoms with Crippen LogP contribution in [-0.2, 0) is 16.4 Å². The number of nitrogens with zero attached hydrogens (tertiary/aromatic N) is 1. The minimum absolute atomic E-state index is 0.111. The van der Waals surface area contributed by atoms with Crippen molar-refractivity contribution in [3.8, 4) is 0 Å². The lowest BCUT2D eigenvalue weighted by Gasteiger charge is -2.29. The highest BCUT2D eigenvalue weighted by molar-refractivity contribution is 7.92. The molecule has 0 bridgehead atoms. The Bertz CT molecular complexity index is 1440. The van der Waals surface area contributed by atoms with E-state index in [1.54, 1.807) is 0 Å². The number of nitrogens with one attached hydrogen (secondary N) is 3. The van der Waals surface area contributed by atoms with Crippen molar-refractivity contribution in [2.45, 2.75) is 50.4 Å². The monoisotopic (exact) mass is 578 g/mol. The van der Waals surface area contributed by atoms with Gasteiger partial charge in [0, 0.05) is 24.2 Å². The van der Waals surface area contributed by atoms with E-state index in [1.807, 2.05) is 67.6 Å². The van der Waals surface area contributed by atoms with Crippen LogP contribution in [-0.4, -0.2) is 63.4 Å². The van der Waals surface area contributed by atoms with Crippen molar-refractivity contribution in [1.29, 1.82) is 0 Å². The second kappa shape index (κ2) is 13.3. The zero-order valence-corrected chi connectivity index (χ0v) is 24.4. The van der Waals surface area contributed by atoms with Crippen LogP contribution in [0.5, 0.6) is 0 Å². The number of carbonyl (C=O) groups excluding carboxylic acids is 2. The van der Waals surface area contributed by atoms with Gasteiger partial charge in [-0.2, -0.15) is 0 Å². The van der Waals surface area contributed by atoms with Crippen LogP contribution in [0.15, 0.2) is 78.9 Å². The molecule has 1 aliphatic heterocycles. The molecule has 0 aliphatic carbocycles. The van der Waals surface area contributed by atoms with Gasteiger partial charge in [0.1, 0.15) is 0 Å². The van der Waals surface area contributed by atoms with Crippen LogP contribution >= 0.6 is 0 Å². The highest BCUT2D eigenvalue weighted by Crippen LogP contribution is 2.23. The van der Waals surface area contributed by atoms with Crippen molar-refractivity contribution in [1.82, 2.24) is 16.0 Å². The number of sulfonamides is 1. The molecule has 0 saturated carbocycles. The summed E-state index contributed by atoms with van der Waals surface area (Å²) in [6.45, 7) is 2.65. The fourth-order valence-corrected chi connectivity index (χ4v) is 5.50. The van der Waals surface area contributed by atoms with Crippen molar-refractivity contribution in [2.75, 3.05) is 24.2 Å². The maximum absolute atomic E-state index is 13.7. The van der Waals surface area contributed by atoms with Crippen LogP contribution in [0.4, 0.5) is 5.69 Å². The van der Waals surface area contributed by atoms with Gasteiger partial charge in [0.25, 0.3) is 11.8 Å². The maximum atomic E-state index is 13.7. The van der Waals surface area contributed by atoms with Crippen molar-refractivity contribution >= 4 is 27.5 Å². The highest BCUT2D eigenvalue weighted by atomic mass is 32.2. The van der Waals surface area contributed by atoms with Gasteiger partial charge >= 0.3 is 0 Å². The minimum Gasteiger partial charge on any atom is -0.389 e. The van der Waals surface area contributed by atoms with E-state index in [0.717, 1.165) is 41.1 Å². The number of hydrogen-bond acceptors (Lipinski definition) is 6. The third-order valence-electron chi connectivity index (χ3n) is 7.49. The molecule has 1 saturated heterocycles. The third-order valence-corrected chi connectivity index (χ3v) is 8.69. The van der Waals surface area contributed by atoms with Gasteiger partial charge in [0.2, 0.25) is 10.0 Å². The van der Waals surface area contributed by atoms with E-state index in [1.165, 1.54) is 25.2 Å². The van der Waals surface area contributed by atoms with Crippen molar-refractivity contribution in [2.24, 2.45) is 0 Å². The van der Waals surface area contributed by atoms with Gasteiger partial charge in [-0.15, -0.1) is 0 Å². The smallest absolute Gasteiger partial charge is 0.251 e. The van der Waals surface area contributed by atoms with E-state index < -0.39 is 34.0 Å². The number of benzene rings is 3. The van der Waals surface area contributed by atoms with Gasteiger partial charge in [-0.3, -0.25) is 13.9 Å². The summed E-state index contributed by atoms with van der Waals surface area (Å²) in [6.07, 6.45) is 2.33. The van der Waals surface area contributed by atoms with E-state index in [4.69, 9.17) is 0 Å². The molecule has 0 aromatic heterocycles. The Morgan fingerprint density at radius 3 is 2.12 bits per heavy atom. The van der Waals surface area contributed by atoms with Crippen molar-refractivity contribution in [3.63, 3.8) is 0 Å². The van der Waals surface area contributed by atoms with Gasteiger partial charge in [-0.25, -0.2) is 8.42 Å². The number of amides is 2. The first-order valence-corrected chi connectivity index (χ1v) is 15.6. The molecule has 10 heteroatoms. The Morgan fingerprint density at radius 2 is 1.56 bits per heavy atom. The van der Waals surface area contributed by atoms with Crippen LogP contribution in [0, 0.1) is 0 Å². The number of anilines is 1. The maximum Gasteiger partial charge on any atom is 0.251 e. The standard InChI is InChI=1S/C31H38N4O5S/c1-21(23-13-8-5-9-14-23)33-30(37)24-18-25(20-26(19-24)35(2)41(3,39)40)31(38)34-28(17-22-11-6-4-7-12-22)29(36)27-15-10-16-32-27/h4-9,11-14,18-21,27-29,32,36H,10,15-17H2,1-3H3,(H,33,37)(H,34,38). The second-order valence-corrected chi connectivity index (χ2v) is 12.6. The largest absolute Gasteiger partial charge is 0.389 e. The predicted molar refractivity (Wildman–Crippen MR) is 160 cm³/mol. The Hall–Kier alpha value is -3.73. The summed E-state index contributed by atoms with van der Waals surface area (Å²) in [4.78, 5) is 27.0. The highest BCUT2D eigenvalue weighted by Gasteiger charge is 2.31. The molecule has 1 fully saturated rings. The molecule has 4 N–H and O–H groups in total. The zero-order chi connectivity index (χ0) is 29.6. The van der Waals surface area contributed by atoms with Gasteiger partial charge in [-0.05, 0) is 62.1 Å². The van der Waals surface area contributed by atoms with E-state index in [9.17, 15) is 23.1 Å². The summed E-state index contributed by atoms with van der Waals surface area (Å²) in [6, 6.07) is 22.3. The zero-order valence-electron chi connectivity index (χ0n) is 23.6. The molecule has 4 atom stereocenters. The summed E-state index contributed by atoms with van der Waals surface area (Å²) >= 11 is 0. The topological polar surface area (TPSA) is 128 Å². The van der Waals surface area contributed by atoms with Crippen LogP contribution in [0.3, 0.4) is 0 Å². The van der Waals surface area contributed by atoms with Gasteiger partial charge in [-0.1, -0.05) is 60.7 Å². The fraction of sp³-hybridized carbons (Fsp3) is 0.355. The molecular formula is C31H38N4O5S. The van der Waals surface area contributed by atoms with E-state index in [0.29, 0.717) is 6.42 Å². The normalized spacial score (nSPS) is 17.3. The molecule has 4 unspecified atom stereocenters. The lowest BCUT2D eigenvalue weighted by Crippen LogP contribution is -2.52.